The molecule has 0 heterocycles. The van der Waals surface area contributed by atoms with E-state index in [9.17, 15) is 38.4 Å². The molecule has 6 atom stereocenters. The van der Waals surface area contributed by atoms with Crippen LogP contribution in [0.4, 0.5) is 0 Å². The average molecular weight is 850 g/mol. The summed E-state index contributed by atoms with van der Waals surface area (Å²) in [5.41, 5.74) is 11.1. The van der Waals surface area contributed by atoms with Crippen molar-refractivity contribution in [3.63, 3.8) is 0 Å². The summed E-state index contributed by atoms with van der Waals surface area (Å²) >= 11 is 0. The average Bonchev–Trinajstić information content (AvgIpc) is 3.20. The highest BCUT2D eigenvalue weighted by atomic mass is 16.2. The molecule has 2 rings (SSSR count). The van der Waals surface area contributed by atoms with E-state index in [1.54, 1.807) is 76.2 Å². The van der Waals surface area contributed by atoms with Crippen LogP contribution < -0.4 is 43.4 Å². The highest BCUT2D eigenvalue weighted by molar-refractivity contribution is 5.97. The van der Waals surface area contributed by atoms with Crippen LogP contribution in [0.2, 0.25) is 0 Å². The Balaban J connectivity index is 2.33. The number of ketones is 1. The first-order valence-electron chi connectivity index (χ1n) is 21.3. The Bertz CT molecular complexity index is 1750. The second kappa shape index (κ2) is 26.5. The van der Waals surface area contributed by atoms with Crippen molar-refractivity contribution in [2.45, 2.75) is 136 Å². The summed E-state index contributed by atoms with van der Waals surface area (Å²) in [5, 5.41) is 16.4. The number of Topliss-reactive ketones (excluding diaryl/α,β-unsaturated/α-hetero) is 1. The quantitative estimate of drug-likeness (QED) is 0.0600. The molecular weight excluding hydrogens is 781 g/mol. The van der Waals surface area contributed by atoms with Crippen LogP contribution in [0.25, 0.3) is 0 Å². The molecule has 0 fully saturated rings. The fraction of sp³-hybridized carbons (Fsp3) is 0.556. The first-order chi connectivity index (χ1) is 28.8. The summed E-state index contributed by atoms with van der Waals surface area (Å²) in [4.78, 5) is 106. The van der Waals surface area contributed by atoms with Crippen LogP contribution >= 0.6 is 0 Å². The van der Waals surface area contributed by atoms with Crippen molar-refractivity contribution in [1.29, 1.82) is 0 Å². The smallest absolute Gasteiger partial charge is 0.243 e. The van der Waals surface area contributed by atoms with E-state index in [4.69, 9.17) is 5.73 Å². The summed E-state index contributed by atoms with van der Waals surface area (Å²) in [7, 11) is 0. The maximum absolute atomic E-state index is 14.1. The predicted molar refractivity (Wildman–Crippen MR) is 232 cm³/mol. The number of hydrogen-bond donors (Lipinski definition) is 8. The Morgan fingerprint density at radius 2 is 1.02 bits per heavy atom. The number of amides is 7. The first-order valence-corrected chi connectivity index (χ1v) is 21.3. The number of nitrogens with two attached hydrogens (primary N) is 1. The van der Waals surface area contributed by atoms with E-state index in [0.717, 1.165) is 11.1 Å². The van der Waals surface area contributed by atoms with E-state index in [0.29, 0.717) is 19.4 Å². The number of benzene rings is 2. The summed E-state index contributed by atoms with van der Waals surface area (Å²) in [6.07, 6.45) is 1.89. The van der Waals surface area contributed by atoms with Crippen LogP contribution in [-0.4, -0.2) is 89.9 Å². The van der Waals surface area contributed by atoms with Gasteiger partial charge < -0.3 is 43.4 Å². The van der Waals surface area contributed by atoms with Crippen LogP contribution in [0, 0.1) is 17.8 Å². The molecular formula is C45H69N8O8+. The zero-order chi connectivity index (χ0) is 45.6. The third-order valence-corrected chi connectivity index (χ3v) is 10.1. The van der Waals surface area contributed by atoms with Gasteiger partial charge in [-0.3, -0.25) is 38.4 Å². The largest absolute Gasteiger partial charge is 0.368 e. The molecule has 0 aromatic heterocycles. The van der Waals surface area contributed by atoms with Crippen LogP contribution in [0.15, 0.2) is 60.7 Å². The Morgan fingerprint density at radius 1 is 0.557 bits per heavy atom. The van der Waals surface area contributed by atoms with Gasteiger partial charge in [0, 0.05) is 32.1 Å². The summed E-state index contributed by atoms with van der Waals surface area (Å²) in [5.74, 6) is -5.34. The molecule has 61 heavy (non-hydrogen) atoms. The van der Waals surface area contributed by atoms with Gasteiger partial charge >= 0.3 is 0 Å². The molecule has 0 bridgehead atoms. The topological polar surface area (TPSA) is 262 Å². The monoisotopic (exact) mass is 850 g/mol. The molecule has 0 saturated carbocycles. The van der Waals surface area contributed by atoms with Gasteiger partial charge in [-0.25, -0.2) is 0 Å². The number of quaternary nitrogens is 1. The van der Waals surface area contributed by atoms with Crippen molar-refractivity contribution in [3.05, 3.63) is 71.8 Å². The molecule has 0 saturated heterocycles. The van der Waals surface area contributed by atoms with Gasteiger partial charge in [0.05, 0.1) is 6.54 Å². The minimum absolute atomic E-state index is 0.0416. The lowest BCUT2D eigenvalue weighted by Crippen LogP contribution is -2.61. The van der Waals surface area contributed by atoms with E-state index in [-0.39, 0.29) is 56.1 Å². The van der Waals surface area contributed by atoms with Gasteiger partial charge in [-0.15, -0.1) is 0 Å². The third kappa shape index (κ3) is 19.1. The van der Waals surface area contributed by atoms with Gasteiger partial charge in [-0.05, 0) is 55.1 Å². The van der Waals surface area contributed by atoms with E-state index in [2.05, 4.69) is 37.6 Å². The molecule has 0 aliphatic carbocycles. The standard InChI is InChI=1S/C45H68N8O8/c1-27(2)24-36(51-41(57)33(20-14-15-23-46)49-42(58)34(48-30(7)54)21-22-38(55)28(3)4)44(60)53-39(29(5)6)45(61)52-37(26-32-18-12-9-13-19-32)43(59)50-35(40(47)56)25-31-16-10-8-11-17-31/h8-13,16-19,27-29,33-37,39H,14-15,20-26,46H2,1-7H3,(H2,47,56)(H,48,54)(H,49,58)(H,50,59)(H,51,57)(H,52,61)(H,53,60)/p+1/t33-,34-,35-,36-,37-,39-/m0/s1. The lowest BCUT2D eigenvalue weighted by Gasteiger charge is -2.29. The van der Waals surface area contributed by atoms with Gasteiger partial charge in [0.2, 0.25) is 41.4 Å². The number of carbonyl (C=O) groups excluding carboxylic acids is 8. The lowest BCUT2D eigenvalue weighted by molar-refractivity contribution is -0.368. The Labute approximate surface area is 360 Å². The van der Waals surface area contributed by atoms with Gasteiger partial charge in [-0.1, -0.05) is 102 Å². The van der Waals surface area contributed by atoms with Gasteiger partial charge in [-0.2, -0.15) is 0 Å². The van der Waals surface area contributed by atoms with Crippen molar-refractivity contribution in [2.24, 2.45) is 23.5 Å². The van der Waals surface area contributed by atoms with Crippen molar-refractivity contribution in [2.75, 3.05) is 6.54 Å². The fourth-order valence-electron chi connectivity index (χ4n) is 6.59. The van der Waals surface area contributed by atoms with Gasteiger partial charge in [0.15, 0.2) is 0 Å². The fourth-order valence-corrected chi connectivity index (χ4v) is 6.59. The molecule has 16 heteroatoms. The Kier molecular flexibility index (Phi) is 22.4. The molecule has 2 aromatic rings. The zero-order valence-electron chi connectivity index (χ0n) is 36.9. The maximum Gasteiger partial charge on any atom is 0.243 e. The lowest BCUT2D eigenvalue weighted by atomic mass is 9.98. The van der Waals surface area contributed by atoms with E-state index < -0.39 is 83.5 Å². The van der Waals surface area contributed by atoms with Crippen LogP contribution in [0.3, 0.4) is 0 Å². The number of hydrogen-bond acceptors (Lipinski definition) is 8. The predicted octanol–water partition coefficient (Wildman–Crippen LogP) is 1.01. The van der Waals surface area contributed by atoms with E-state index in [1.165, 1.54) is 6.92 Å². The Hall–Kier alpha value is -5.64. The molecule has 11 N–H and O–H groups in total. The highest BCUT2D eigenvalue weighted by Gasteiger charge is 2.34. The second-order valence-corrected chi connectivity index (χ2v) is 16.6. The second-order valence-electron chi connectivity index (χ2n) is 16.6. The van der Waals surface area contributed by atoms with Crippen molar-refractivity contribution in [1.82, 2.24) is 31.9 Å². The van der Waals surface area contributed by atoms with E-state index >= 15 is 0 Å². The molecule has 0 unspecified atom stereocenters. The summed E-state index contributed by atoms with van der Waals surface area (Å²) < 4.78 is 0. The summed E-state index contributed by atoms with van der Waals surface area (Å²) in [6.45, 7) is 12.5. The number of carbonyl (C=O) groups is 8. The number of primary amides is 1. The molecule has 0 aliphatic rings. The third-order valence-electron chi connectivity index (χ3n) is 10.1. The SMILES string of the molecule is CC(=O)N[C@@H](CCC(=O)C(C)C)C(=O)N[C@@H](CCCC[NH3+])C(=O)N[C@@H](CC(C)C)C(=O)N[C@H](C(=O)N[C@@H](Cc1ccccc1)C(=O)N[C@@H](Cc1ccccc1)C(N)=O)C(C)C. The normalized spacial score (nSPS) is 14.1. The molecule has 2 aromatic carbocycles. The number of nitrogens with one attached hydrogen (secondary N) is 6. The van der Waals surface area contributed by atoms with Crippen molar-refractivity contribution in [3.8, 4) is 0 Å². The molecule has 0 aliphatic heterocycles. The van der Waals surface area contributed by atoms with Crippen molar-refractivity contribution >= 4 is 47.1 Å². The molecule has 0 radical (unpaired) electrons. The number of rotatable bonds is 27. The van der Waals surface area contributed by atoms with Crippen LogP contribution in [0.1, 0.15) is 98.1 Å². The minimum Gasteiger partial charge on any atom is -0.368 e. The Morgan fingerprint density at radius 3 is 1.49 bits per heavy atom. The molecule has 0 spiro atoms. The highest BCUT2D eigenvalue weighted by Crippen LogP contribution is 2.13. The minimum atomic E-state index is -1.16. The summed E-state index contributed by atoms with van der Waals surface area (Å²) in [6, 6.07) is 11.4. The van der Waals surface area contributed by atoms with E-state index in [1.807, 2.05) is 26.0 Å². The van der Waals surface area contributed by atoms with Crippen molar-refractivity contribution < 1.29 is 44.1 Å². The zero-order valence-corrected chi connectivity index (χ0v) is 36.9. The first kappa shape index (κ1) is 51.5. The molecule has 336 valence electrons. The van der Waals surface area contributed by atoms with Crippen LogP contribution in [0.5, 0.6) is 0 Å². The molecule has 7 amide bonds. The van der Waals surface area contributed by atoms with Gasteiger partial charge in [0.1, 0.15) is 42.0 Å². The van der Waals surface area contributed by atoms with Gasteiger partial charge in [0.25, 0.3) is 0 Å². The van der Waals surface area contributed by atoms with Crippen LogP contribution in [-0.2, 0) is 51.2 Å². The molecule has 16 nitrogen and oxygen atoms in total. The maximum atomic E-state index is 14.1. The number of unbranched alkanes of at least 4 members (excludes halogenated alkanes) is 1.